The van der Waals surface area contributed by atoms with E-state index in [1.54, 1.807) is 31.2 Å². The van der Waals surface area contributed by atoms with Crippen LogP contribution in [0.25, 0.3) is 11.0 Å². The molecule has 0 bridgehead atoms. The topological polar surface area (TPSA) is 72.1 Å². The van der Waals surface area contributed by atoms with Crippen molar-refractivity contribution >= 4 is 11.0 Å². The maximum Gasteiger partial charge on any atom is 0.235 e. The van der Waals surface area contributed by atoms with E-state index in [1.165, 1.54) is 6.42 Å². The Hall–Kier alpha value is -2.99. The molecule has 1 saturated heterocycles. The average molecular weight is 424 g/mol. The molecule has 1 aliphatic rings. The number of para-hydroxylation sites is 2. The molecule has 0 radical (unpaired) electrons. The van der Waals surface area contributed by atoms with E-state index in [4.69, 9.17) is 13.9 Å². The molecule has 4 rings (SSSR count). The number of phenolic OH excluding ortho intramolecular Hbond substituents is 1. The van der Waals surface area contributed by atoms with E-state index < -0.39 is 0 Å². The molecule has 6 nitrogen and oxygen atoms in total. The minimum Gasteiger partial charge on any atom is -0.507 e. The van der Waals surface area contributed by atoms with Gasteiger partial charge in [-0.2, -0.15) is 0 Å². The first-order chi connectivity index (χ1) is 15.0. The van der Waals surface area contributed by atoms with Crippen LogP contribution in [-0.2, 0) is 6.54 Å². The van der Waals surface area contributed by atoms with Gasteiger partial charge in [-0.15, -0.1) is 0 Å². The SMILES string of the molecule is CCOc1ccccc1Oc1c(C)oc2c(CN3CCCC[C@H]3C)c(O)ccc2c1=O. The van der Waals surface area contributed by atoms with E-state index in [1.807, 2.05) is 19.1 Å². The number of aromatic hydroxyl groups is 1. The van der Waals surface area contributed by atoms with Crippen molar-refractivity contribution < 1.29 is 19.0 Å². The molecule has 0 unspecified atom stereocenters. The molecule has 1 atom stereocenters. The monoisotopic (exact) mass is 423 g/mol. The zero-order valence-corrected chi connectivity index (χ0v) is 18.3. The molecule has 2 heterocycles. The Bertz CT molecular complexity index is 1140. The number of fused-ring (bicyclic) bond motifs is 1. The number of likely N-dealkylation sites (tertiary alicyclic amines) is 1. The highest BCUT2D eigenvalue weighted by Gasteiger charge is 2.24. The number of phenols is 1. The van der Waals surface area contributed by atoms with Gasteiger partial charge in [0.2, 0.25) is 11.2 Å². The Kier molecular flexibility index (Phi) is 6.18. The summed E-state index contributed by atoms with van der Waals surface area (Å²) in [6.45, 7) is 7.80. The molecule has 1 fully saturated rings. The van der Waals surface area contributed by atoms with Crippen molar-refractivity contribution in [3.8, 4) is 23.0 Å². The normalized spacial score (nSPS) is 17.1. The Morgan fingerprint density at radius 3 is 2.68 bits per heavy atom. The summed E-state index contributed by atoms with van der Waals surface area (Å²) in [7, 11) is 0. The summed E-state index contributed by atoms with van der Waals surface area (Å²) < 4.78 is 17.7. The molecule has 31 heavy (non-hydrogen) atoms. The van der Waals surface area contributed by atoms with E-state index in [2.05, 4.69) is 11.8 Å². The van der Waals surface area contributed by atoms with Crippen molar-refractivity contribution in [1.82, 2.24) is 4.90 Å². The molecule has 1 aromatic heterocycles. The van der Waals surface area contributed by atoms with Gasteiger partial charge in [0.15, 0.2) is 11.5 Å². The van der Waals surface area contributed by atoms with Gasteiger partial charge in [0.1, 0.15) is 17.1 Å². The molecule has 6 heteroatoms. The number of rotatable bonds is 6. The van der Waals surface area contributed by atoms with Crippen LogP contribution in [0.15, 0.2) is 45.6 Å². The minimum absolute atomic E-state index is 0.127. The highest BCUT2D eigenvalue weighted by atomic mass is 16.5. The van der Waals surface area contributed by atoms with Gasteiger partial charge in [0.05, 0.1) is 17.6 Å². The lowest BCUT2D eigenvalue weighted by Crippen LogP contribution is -2.36. The second-order valence-electron chi connectivity index (χ2n) is 8.05. The van der Waals surface area contributed by atoms with E-state index >= 15 is 0 Å². The van der Waals surface area contributed by atoms with Crippen molar-refractivity contribution in [2.24, 2.45) is 0 Å². The summed E-state index contributed by atoms with van der Waals surface area (Å²) in [4.78, 5) is 15.7. The highest BCUT2D eigenvalue weighted by Crippen LogP contribution is 2.35. The number of hydrogen-bond donors (Lipinski definition) is 1. The second-order valence-corrected chi connectivity index (χ2v) is 8.05. The smallest absolute Gasteiger partial charge is 0.235 e. The third-order valence-corrected chi connectivity index (χ3v) is 5.92. The lowest BCUT2D eigenvalue weighted by atomic mass is 10.0. The third-order valence-electron chi connectivity index (χ3n) is 5.92. The first kappa shape index (κ1) is 21.2. The molecule has 0 amide bonds. The minimum atomic E-state index is -0.266. The van der Waals surface area contributed by atoms with Crippen molar-refractivity contribution in [3.63, 3.8) is 0 Å². The van der Waals surface area contributed by atoms with Crippen LogP contribution in [-0.4, -0.2) is 29.2 Å². The molecule has 0 aliphatic carbocycles. The highest BCUT2D eigenvalue weighted by molar-refractivity contribution is 5.83. The number of benzene rings is 2. The fourth-order valence-electron chi connectivity index (χ4n) is 4.18. The number of hydrogen-bond acceptors (Lipinski definition) is 6. The van der Waals surface area contributed by atoms with E-state index in [-0.39, 0.29) is 16.9 Å². The van der Waals surface area contributed by atoms with Gasteiger partial charge in [0, 0.05) is 12.6 Å². The van der Waals surface area contributed by atoms with E-state index in [0.717, 1.165) is 19.4 Å². The van der Waals surface area contributed by atoms with Crippen LogP contribution < -0.4 is 14.9 Å². The van der Waals surface area contributed by atoms with E-state index in [0.29, 0.717) is 53.0 Å². The zero-order valence-electron chi connectivity index (χ0n) is 18.3. The predicted octanol–water partition coefficient (Wildman–Crippen LogP) is 5.37. The molecule has 0 saturated carbocycles. The average Bonchev–Trinajstić information content (AvgIpc) is 2.76. The molecule has 1 aliphatic heterocycles. The number of ether oxygens (including phenoxy) is 2. The van der Waals surface area contributed by atoms with Crippen LogP contribution in [0.1, 0.15) is 44.4 Å². The Labute approximate surface area is 182 Å². The largest absolute Gasteiger partial charge is 0.507 e. The Morgan fingerprint density at radius 1 is 1.16 bits per heavy atom. The Balaban J connectivity index is 1.76. The first-order valence-corrected chi connectivity index (χ1v) is 10.9. The fraction of sp³-hybridized carbons (Fsp3) is 0.400. The summed E-state index contributed by atoms with van der Waals surface area (Å²) in [5, 5.41) is 11.0. The van der Waals surface area contributed by atoms with Crippen molar-refractivity contribution in [2.75, 3.05) is 13.2 Å². The third kappa shape index (κ3) is 4.26. The van der Waals surface area contributed by atoms with Gasteiger partial charge in [-0.25, -0.2) is 0 Å². The summed E-state index contributed by atoms with van der Waals surface area (Å²) in [5.74, 6) is 1.66. The Morgan fingerprint density at radius 2 is 1.94 bits per heavy atom. The maximum absolute atomic E-state index is 13.3. The van der Waals surface area contributed by atoms with Crippen LogP contribution in [0.3, 0.4) is 0 Å². The van der Waals surface area contributed by atoms with Crippen molar-refractivity contribution in [3.05, 3.63) is 57.9 Å². The van der Waals surface area contributed by atoms with Gasteiger partial charge in [-0.05, 0) is 64.4 Å². The van der Waals surface area contributed by atoms with Crippen LogP contribution in [0, 0.1) is 6.92 Å². The van der Waals surface area contributed by atoms with Crippen molar-refractivity contribution in [2.45, 2.75) is 52.6 Å². The summed E-state index contributed by atoms with van der Waals surface area (Å²) in [6, 6.07) is 10.8. The lowest BCUT2D eigenvalue weighted by Gasteiger charge is -2.33. The maximum atomic E-state index is 13.3. The second kappa shape index (κ2) is 9.02. The predicted molar refractivity (Wildman–Crippen MR) is 120 cm³/mol. The number of nitrogens with zero attached hydrogens (tertiary/aromatic N) is 1. The molecule has 164 valence electrons. The van der Waals surface area contributed by atoms with Crippen LogP contribution in [0.4, 0.5) is 0 Å². The van der Waals surface area contributed by atoms with Gasteiger partial charge in [-0.3, -0.25) is 9.69 Å². The standard InChI is InChI=1S/C25H29NO5/c1-4-29-21-10-5-6-11-22(21)31-24-17(3)30-25-18(23(24)28)12-13-20(27)19(25)15-26-14-8-7-9-16(26)2/h5-6,10-13,16,27H,4,7-9,14-15H2,1-3H3/t16-/m1/s1. The molecular formula is C25H29NO5. The van der Waals surface area contributed by atoms with Gasteiger partial charge in [-0.1, -0.05) is 18.6 Å². The summed E-state index contributed by atoms with van der Waals surface area (Å²) >= 11 is 0. The van der Waals surface area contributed by atoms with Crippen LogP contribution in [0.2, 0.25) is 0 Å². The number of piperidine rings is 1. The van der Waals surface area contributed by atoms with Gasteiger partial charge >= 0.3 is 0 Å². The zero-order chi connectivity index (χ0) is 22.0. The van der Waals surface area contributed by atoms with Crippen LogP contribution >= 0.6 is 0 Å². The first-order valence-electron chi connectivity index (χ1n) is 10.9. The molecule has 1 N–H and O–H groups in total. The fourth-order valence-corrected chi connectivity index (χ4v) is 4.18. The van der Waals surface area contributed by atoms with Crippen LogP contribution in [0.5, 0.6) is 23.0 Å². The van der Waals surface area contributed by atoms with Gasteiger partial charge in [0.25, 0.3) is 0 Å². The van der Waals surface area contributed by atoms with Gasteiger partial charge < -0.3 is 19.0 Å². The van der Waals surface area contributed by atoms with E-state index in [9.17, 15) is 9.90 Å². The quantitative estimate of drug-likeness (QED) is 0.574. The molecule has 2 aromatic carbocycles. The molecule has 0 spiro atoms. The summed E-state index contributed by atoms with van der Waals surface area (Å²) in [5.41, 5.74) is 0.802. The number of aryl methyl sites for hydroxylation is 1. The lowest BCUT2D eigenvalue weighted by molar-refractivity contribution is 0.151. The molecule has 3 aromatic rings. The molecular weight excluding hydrogens is 394 g/mol. The summed E-state index contributed by atoms with van der Waals surface area (Å²) in [6.07, 6.45) is 3.49. The van der Waals surface area contributed by atoms with Crippen molar-refractivity contribution in [1.29, 1.82) is 0 Å².